The van der Waals surface area contributed by atoms with Crippen LogP contribution >= 0.6 is 35.0 Å². The first-order chi connectivity index (χ1) is 9.67. The van der Waals surface area contributed by atoms with Crippen LogP contribution in [-0.4, -0.2) is 12.8 Å². The third kappa shape index (κ3) is 3.50. The number of hydrogen-bond donors (Lipinski definition) is 1. The van der Waals surface area contributed by atoms with E-state index < -0.39 is 0 Å². The van der Waals surface area contributed by atoms with Crippen LogP contribution in [0.3, 0.4) is 0 Å². The van der Waals surface area contributed by atoms with Crippen molar-refractivity contribution in [1.82, 2.24) is 5.32 Å². The molecule has 0 saturated heterocycles. The Balaban J connectivity index is 2.50. The Morgan fingerprint density at radius 2 is 1.85 bits per heavy atom. The van der Waals surface area contributed by atoms with Gasteiger partial charge in [0, 0.05) is 14.9 Å². The molecule has 0 amide bonds. The fourth-order valence-corrected chi connectivity index (χ4v) is 3.39. The Morgan fingerprint density at radius 3 is 2.50 bits per heavy atom. The van der Waals surface area contributed by atoms with Gasteiger partial charge in [-0.15, -0.1) is 11.8 Å². The molecule has 0 saturated carbocycles. The van der Waals surface area contributed by atoms with Gasteiger partial charge in [-0.2, -0.15) is 0 Å². The summed E-state index contributed by atoms with van der Waals surface area (Å²) in [5.41, 5.74) is 2.30. The average Bonchev–Trinajstić information content (AvgIpc) is 2.45. The maximum atomic E-state index is 6.37. The highest BCUT2D eigenvalue weighted by molar-refractivity contribution is 7.98. The van der Waals surface area contributed by atoms with Crippen LogP contribution in [0.2, 0.25) is 10.0 Å². The molecule has 0 aromatic heterocycles. The molecule has 0 heterocycles. The van der Waals surface area contributed by atoms with E-state index in [4.69, 9.17) is 23.2 Å². The lowest BCUT2D eigenvalue weighted by molar-refractivity contribution is 0.622. The molecule has 0 aliphatic heterocycles. The number of rotatable bonds is 5. The Bertz CT molecular complexity index is 586. The summed E-state index contributed by atoms with van der Waals surface area (Å²) in [6, 6.07) is 14.1. The molecule has 1 nitrogen and oxygen atoms in total. The highest BCUT2D eigenvalue weighted by atomic mass is 35.5. The first-order valence-electron chi connectivity index (χ1n) is 6.48. The van der Waals surface area contributed by atoms with Gasteiger partial charge in [-0.3, -0.25) is 0 Å². The first-order valence-corrected chi connectivity index (χ1v) is 8.46. The molecule has 4 heteroatoms. The van der Waals surface area contributed by atoms with E-state index in [1.54, 1.807) is 17.8 Å². The Labute approximate surface area is 134 Å². The number of nitrogens with one attached hydrogen (secondary N) is 1. The molecule has 2 aromatic rings. The quantitative estimate of drug-likeness (QED) is 0.737. The second-order valence-electron chi connectivity index (χ2n) is 4.40. The molecule has 0 bridgehead atoms. The molecule has 106 valence electrons. The Kier molecular flexibility index (Phi) is 5.79. The van der Waals surface area contributed by atoms with E-state index in [-0.39, 0.29) is 6.04 Å². The van der Waals surface area contributed by atoms with E-state index in [0.717, 1.165) is 12.1 Å². The lowest BCUT2D eigenvalue weighted by Gasteiger charge is -2.22. The molecule has 0 fully saturated rings. The van der Waals surface area contributed by atoms with E-state index in [0.29, 0.717) is 10.0 Å². The summed E-state index contributed by atoms with van der Waals surface area (Å²) < 4.78 is 0. The summed E-state index contributed by atoms with van der Waals surface area (Å²) >= 11 is 14.1. The topological polar surface area (TPSA) is 12.0 Å². The van der Waals surface area contributed by atoms with Crippen LogP contribution in [-0.2, 0) is 0 Å². The van der Waals surface area contributed by atoms with Crippen molar-refractivity contribution in [2.24, 2.45) is 0 Å². The van der Waals surface area contributed by atoms with Gasteiger partial charge in [0.1, 0.15) is 0 Å². The van der Waals surface area contributed by atoms with E-state index in [1.165, 1.54) is 10.5 Å². The third-order valence-electron chi connectivity index (χ3n) is 3.13. The van der Waals surface area contributed by atoms with Crippen molar-refractivity contribution in [2.75, 3.05) is 12.8 Å². The molecule has 1 N–H and O–H groups in total. The third-order valence-corrected chi connectivity index (χ3v) is 4.51. The molecule has 0 radical (unpaired) electrons. The van der Waals surface area contributed by atoms with Crippen LogP contribution in [0.1, 0.15) is 24.1 Å². The molecule has 2 aromatic carbocycles. The van der Waals surface area contributed by atoms with Crippen LogP contribution in [0.15, 0.2) is 47.4 Å². The summed E-state index contributed by atoms with van der Waals surface area (Å²) in [6.07, 6.45) is 2.09. The number of benzene rings is 2. The lowest BCUT2D eigenvalue weighted by Crippen LogP contribution is -2.22. The summed E-state index contributed by atoms with van der Waals surface area (Å²) in [7, 11) is 0. The maximum absolute atomic E-state index is 6.37. The van der Waals surface area contributed by atoms with Gasteiger partial charge in [-0.05, 0) is 42.1 Å². The highest BCUT2D eigenvalue weighted by Crippen LogP contribution is 2.34. The van der Waals surface area contributed by atoms with Crippen molar-refractivity contribution in [3.63, 3.8) is 0 Å². The minimum Gasteiger partial charge on any atom is -0.306 e. The number of hydrogen-bond acceptors (Lipinski definition) is 2. The van der Waals surface area contributed by atoms with Crippen LogP contribution in [0.4, 0.5) is 0 Å². The van der Waals surface area contributed by atoms with E-state index in [2.05, 4.69) is 42.8 Å². The summed E-state index contributed by atoms with van der Waals surface area (Å²) in [5.74, 6) is 0. The van der Waals surface area contributed by atoms with Crippen LogP contribution in [0.5, 0.6) is 0 Å². The minimum atomic E-state index is 0.0772. The smallest absolute Gasteiger partial charge is 0.0602 e. The second kappa shape index (κ2) is 7.37. The molecule has 0 aliphatic rings. The van der Waals surface area contributed by atoms with Crippen LogP contribution in [0.25, 0.3) is 0 Å². The molecule has 2 rings (SSSR count). The van der Waals surface area contributed by atoms with Gasteiger partial charge in [0.25, 0.3) is 0 Å². The summed E-state index contributed by atoms with van der Waals surface area (Å²) in [4.78, 5) is 1.25. The fourth-order valence-electron chi connectivity index (χ4n) is 2.23. The van der Waals surface area contributed by atoms with Gasteiger partial charge >= 0.3 is 0 Å². The monoisotopic (exact) mass is 325 g/mol. The largest absolute Gasteiger partial charge is 0.306 e. The van der Waals surface area contributed by atoms with Crippen molar-refractivity contribution >= 4 is 35.0 Å². The van der Waals surface area contributed by atoms with Gasteiger partial charge in [0.2, 0.25) is 0 Å². The first kappa shape index (κ1) is 15.7. The van der Waals surface area contributed by atoms with E-state index in [1.807, 2.05) is 12.1 Å². The summed E-state index contributed by atoms with van der Waals surface area (Å²) in [5, 5.41) is 4.86. The Hall–Kier alpha value is -0.670. The number of halogens is 2. The maximum Gasteiger partial charge on any atom is 0.0602 e. The second-order valence-corrected chi connectivity index (χ2v) is 6.09. The van der Waals surface area contributed by atoms with Gasteiger partial charge in [-0.25, -0.2) is 0 Å². The van der Waals surface area contributed by atoms with Crippen LogP contribution in [0, 0.1) is 0 Å². The van der Waals surface area contributed by atoms with Crippen molar-refractivity contribution < 1.29 is 0 Å². The fraction of sp³-hybridized carbons (Fsp3) is 0.250. The van der Waals surface area contributed by atoms with E-state index >= 15 is 0 Å². The zero-order valence-corrected chi connectivity index (χ0v) is 13.8. The molecular formula is C16H17Cl2NS. The van der Waals surface area contributed by atoms with Gasteiger partial charge in [-0.1, -0.05) is 54.4 Å². The van der Waals surface area contributed by atoms with Crippen molar-refractivity contribution in [3.8, 4) is 0 Å². The standard InChI is InChI=1S/C16H17Cl2NS/c1-3-19-16(12-9-8-11(17)10-14(12)18)13-6-4-5-7-15(13)20-2/h4-10,16,19H,3H2,1-2H3. The van der Waals surface area contributed by atoms with Crippen molar-refractivity contribution in [1.29, 1.82) is 0 Å². The number of thioether (sulfide) groups is 1. The SMILES string of the molecule is CCNC(c1ccc(Cl)cc1Cl)c1ccccc1SC. The molecular weight excluding hydrogens is 309 g/mol. The van der Waals surface area contributed by atoms with Gasteiger partial charge in [0.05, 0.1) is 6.04 Å². The summed E-state index contributed by atoms with van der Waals surface area (Å²) in [6.45, 7) is 2.96. The van der Waals surface area contributed by atoms with Gasteiger partial charge < -0.3 is 5.32 Å². The predicted molar refractivity (Wildman–Crippen MR) is 90.2 cm³/mol. The molecule has 1 atom stereocenters. The Morgan fingerprint density at radius 1 is 1.10 bits per heavy atom. The normalized spacial score (nSPS) is 12.4. The van der Waals surface area contributed by atoms with Crippen molar-refractivity contribution in [2.45, 2.75) is 17.9 Å². The predicted octanol–water partition coefficient (Wildman–Crippen LogP) is 5.41. The van der Waals surface area contributed by atoms with Gasteiger partial charge in [0.15, 0.2) is 0 Å². The lowest BCUT2D eigenvalue weighted by atomic mass is 9.98. The zero-order chi connectivity index (χ0) is 14.5. The van der Waals surface area contributed by atoms with E-state index in [9.17, 15) is 0 Å². The molecule has 0 spiro atoms. The average molecular weight is 326 g/mol. The minimum absolute atomic E-state index is 0.0772. The molecule has 20 heavy (non-hydrogen) atoms. The highest BCUT2D eigenvalue weighted by Gasteiger charge is 2.18. The molecule has 1 unspecified atom stereocenters. The molecule has 0 aliphatic carbocycles. The van der Waals surface area contributed by atoms with Crippen LogP contribution < -0.4 is 5.32 Å². The van der Waals surface area contributed by atoms with Crippen molar-refractivity contribution in [3.05, 3.63) is 63.6 Å². The zero-order valence-electron chi connectivity index (χ0n) is 11.5.